The van der Waals surface area contributed by atoms with Gasteiger partial charge in [-0.1, -0.05) is 30.3 Å². The van der Waals surface area contributed by atoms with E-state index in [4.69, 9.17) is 23.3 Å². The van der Waals surface area contributed by atoms with E-state index in [9.17, 15) is 29.5 Å². The van der Waals surface area contributed by atoms with Crippen LogP contribution in [-0.2, 0) is 34.8 Å². The van der Waals surface area contributed by atoms with Gasteiger partial charge in [0.05, 0.1) is 13.7 Å². The number of aliphatic hydroxyl groups is 3. The predicted molar refractivity (Wildman–Crippen MR) is 144 cm³/mol. The third-order valence-electron chi connectivity index (χ3n) is 6.81. The third-order valence-corrected chi connectivity index (χ3v) is 8.87. The van der Waals surface area contributed by atoms with Crippen LogP contribution in [0.2, 0.25) is 0 Å². The van der Waals surface area contributed by atoms with Crippen LogP contribution in [0.1, 0.15) is 25.3 Å². The standard InChI is InChI=1S/C27H35N2O11P/c1-17(31)28-23-25(24(32)22(15-30)38-27(23)34)40-41(35,39-20-12-10-19(36-2)11-13-20)29-14-6-9-21(29)26(33)37-16-18-7-4-3-5-8-18/h3-5,7-8,10-13,21-25,27,30,32,34H,6,9,14-16H2,1-2H3,(H,28,31)/t21-,22+,23+,24+,25+,27-,41?/m0/s1. The van der Waals surface area contributed by atoms with E-state index in [1.54, 1.807) is 24.3 Å². The summed E-state index contributed by atoms with van der Waals surface area (Å²) in [6, 6.07) is 12.8. The van der Waals surface area contributed by atoms with Crippen molar-refractivity contribution in [2.45, 2.75) is 63.1 Å². The fraction of sp³-hybridized carbons (Fsp3) is 0.481. The SMILES string of the molecule is COc1ccc(OP(=O)(O[C@H]2[C@H](O)[C@@H](CO)O[C@H](O)[C@@H]2NC(C)=O)N2CCC[C@H]2C(=O)OCc2ccccc2)cc1. The van der Waals surface area contributed by atoms with Crippen LogP contribution in [0.3, 0.4) is 0 Å². The van der Waals surface area contributed by atoms with E-state index in [-0.39, 0.29) is 18.9 Å². The van der Waals surface area contributed by atoms with E-state index in [0.717, 1.165) is 5.56 Å². The van der Waals surface area contributed by atoms with Crippen LogP contribution in [-0.4, -0.2) is 88.8 Å². The van der Waals surface area contributed by atoms with Gasteiger partial charge in [0.1, 0.15) is 48.5 Å². The number of carbonyl (C=O) groups is 2. The summed E-state index contributed by atoms with van der Waals surface area (Å²) in [5.41, 5.74) is 0.770. The maximum absolute atomic E-state index is 14.7. The van der Waals surface area contributed by atoms with E-state index in [2.05, 4.69) is 5.32 Å². The number of rotatable bonds is 11. The first-order valence-electron chi connectivity index (χ1n) is 13.1. The molecule has 4 N–H and O–H groups in total. The van der Waals surface area contributed by atoms with Crippen LogP contribution < -0.4 is 14.6 Å². The number of nitrogens with one attached hydrogen (secondary N) is 1. The quantitative estimate of drug-likeness (QED) is 0.218. The zero-order valence-corrected chi connectivity index (χ0v) is 23.6. The zero-order chi connectivity index (χ0) is 29.6. The summed E-state index contributed by atoms with van der Waals surface area (Å²) >= 11 is 0. The van der Waals surface area contributed by atoms with E-state index < -0.39 is 62.9 Å². The molecule has 14 heteroatoms. The smallest absolute Gasteiger partial charge is 0.462 e. The van der Waals surface area contributed by atoms with Crippen molar-refractivity contribution in [1.82, 2.24) is 9.99 Å². The number of benzene rings is 2. The molecule has 2 heterocycles. The summed E-state index contributed by atoms with van der Waals surface area (Å²) < 4.78 is 43.8. The fourth-order valence-corrected chi connectivity index (χ4v) is 6.92. The molecule has 0 bridgehead atoms. The maximum Gasteiger partial charge on any atom is 0.462 e. The van der Waals surface area contributed by atoms with Crippen molar-refractivity contribution in [1.29, 1.82) is 0 Å². The van der Waals surface area contributed by atoms with Gasteiger partial charge in [-0.3, -0.25) is 14.1 Å². The lowest BCUT2D eigenvalue weighted by molar-refractivity contribution is -0.250. The first-order valence-corrected chi connectivity index (χ1v) is 14.6. The average molecular weight is 595 g/mol. The van der Waals surface area contributed by atoms with Crippen LogP contribution in [0.25, 0.3) is 0 Å². The average Bonchev–Trinajstić information content (AvgIpc) is 3.47. The molecular weight excluding hydrogens is 559 g/mol. The molecule has 13 nitrogen and oxygen atoms in total. The van der Waals surface area contributed by atoms with Crippen LogP contribution in [0.4, 0.5) is 0 Å². The highest BCUT2D eigenvalue weighted by molar-refractivity contribution is 7.51. The summed E-state index contributed by atoms with van der Waals surface area (Å²) in [6.45, 7) is 0.602. The number of hydrogen-bond acceptors (Lipinski definition) is 11. The van der Waals surface area contributed by atoms with Crippen molar-refractivity contribution in [3.05, 3.63) is 60.2 Å². The molecule has 0 aromatic heterocycles. The molecular formula is C27H35N2O11P. The number of amides is 1. The number of carbonyl (C=O) groups excluding carboxylic acids is 2. The molecule has 41 heavy (non-hydrogen) atoms. The topological polar surface area (TPSA) is 173 Å². The lowest BCUT2D eigenvalue weighted by atomic mass is 9.97. The third kappa shape index (κ3) is 7.44. The second kappa shape index (κ2) is 13.8. The molecule has 1 amide bonds. The Morgan fingerprint density at radius 1 is 1.10 bits per heavy atom. The van der Waals surface area contributed by atoms with Gasteiger partial charge in [-0.25, -0.2) is 4.57 Å². The minimum atomic E-state index is -4.54. The minimum Gasteiger partial charge on any atom is -0.497 e. The van der Waals surface area contributed by atoms with E-state index in [1.165, 1.54) is 30.8 Å². The van der Waals surface area contributed by atoms with Crippen LogP contribution >= 0.6 is 7.75 Å². The molecule has 2 saturated heterocycles. The highest BCUT2D eigenvalue weighted by Crippen LogP contribution is 2.57. The van der Waals surface area contributed by atoms with Gasteiger partial charge in [0.2, 0.25) is 5.91 Å². The molecule has 224 valence electrons. The van der Waals surface area contributed by atoms with Gasteiger partial charge in [0.15, 0.2) is 6.29 Å². The van der Waals surface area contributed by atoms with Crippen LogP contribution in [0.5, 0.6) is 11.5 Å². The lowest BCUT2D eigenvalue weighted by Gasteiger charge is -2.44. The summed E-state index contributed by atoms with van der Waals surface area (Å²) in [6.07, 6.45) is -5.49. The van der Waals surface area contributed by atoms with Gasteiger partial charge in [-0.15, -0.1) is 0 Å². The van der Waals surface area contributed by atoms with Crippen molar-refractivity contribution in [3.8, 4) is 11.5 Å². The van der Waals surface area contributed by atoms with E-state index in [1.807, 2.05) is 18.2 Å². The largest absolute Gasteiger partial charge is 0.497 e. The summed E-state index contributed by atoms with van der Waals surface area (Å²) in [4.78, 5) is 25.1. The van der Waals surface area contributed by atoms with E-state index in [0.29, 0.717) is 18.6 Å². The number of nitrogens with zero attached hydrogens (tertiary/aromatic N) is 1. The second-order valence-electron chi connectivity index (χ2n) is 9.68. The molecule has 7 atom stereocenters. The number of methoxy groups -OCH3 is 1. The molecule has 0 spiro atoms. The first-order chi connectivity index (χ1) is 19.6. The van der Waals surface area contributed by atoms with Crippen LogP contribution in [0, 0.1) is 0 Å². The Balaban J connectivity index is 1.65. The molecule has 2 aromatic rings. The van der Waals surface area contributed by atoms with Gasteiger partial charge in [0, 0.05) is 13.5 Å². The number of hydrogen-bond donors (Lipinski definition) is 4. The summed E-state index contributed by atoms with van der Waals surface area (Å²) in [5.74, 6) is -0.617. The van der Waals surface area contributed by atoms with Gasteiger partial charge in [-0.05, 0) is 42.7 Å². The molecule has 2 aromatic carbocycles. The summed E-state index contributed by atoms with van der Waals surface area (Å²) in [7, 11) is -3.05. The molecule has 2 aliphatic heterocycles. The molecule has 1 unspecified atom stereocenters. The molecule has 4 rings (SSSR count). The normalized spacial score (nSPS) is 27.9. The molecule has 0 radical (unpaired) electrons. The fourth-order valence-electron chi connectivity index (χ4n) is 4.76. The molecule has 0 saturated carbocycles. The Kier molecular flexibility index (Phi) is 10.4. The minimum absolute atomic E-state index is 0.00215. The highest BCUT2D eigenvalue weighted by Gasteiger charge is 2.54. The maximum atomic E-state index is 14.7. The van der Waals surface area contributed by atoms with E-state index >= 15 is 0 Å². The lowest BCUT2D eigenvalue weighted by Crippen LogP contribution is -2.64. The first kappa shape index (κ1) is 30.9. The second-order valence-corrected chi connectivity index (χ2v) is 11.5. The van der Waals surface area contributed by atoms with Crippen molar-refractivity contribution in [3.63, 3.8) is 0 Å². The van der Waals surface area contributed by atoms with Crippen molar-refractivity contribution in [2.75, 3.05) is 20.3 Å². The molecule has 2 fully saturated rings. The Morgan fingerprint density at radius 2 is 1.78 bits per heavy atom. The van der Waals surface area contributed by atoms with Gasteiger partial charge >= 0.3 is 13.7 Å². The Morgan fingerprint density at radius 3 is 2.41 bits per heavy atom. The predicted octanol–water partition coefficient (Wildman–Crippen LogP) is 1.35. The van der Waals surface area contributed by atoms with Gasteiger partial charge < -0.3 is 39.4 Å². The Labute approximate surface area is 237 Å². The Hall–Kier alpha value is -3.03. The van der Waals surface area contributed by atoms with Crippen LogP contribution in [0.15, 0.2) is 54.6 Å². The zero-order valence-electron chi connectivity index (χ0n) is 22.7. The molecule has 0 aliphatic carbocycles. The summed E-state index contributed by atoms with van der Waals surface area (Å²) in [5, 5.41) is 33.7. The van der Waals surface area contributed by atoms with Crippen molar-refractivity contribution in [2.24, 2.45) is 0 Å². The van der Waals surface area contributed by atoms with Crippen molar-refractivity contribution >= 4 is 19.6 Å². The highest BCUT2D eigenvalue weighted by atomic mass is 31.2. The number of aliphatic hydroxyl groups excluding tert-OH is 3. The van der Waals surface area contributed by atoms with Gasteiger partial charge in [0.25, 0.3) is 0 Å². The molecule has 2 aliphatic rings. The number of ether oxygens (including phenoxy) is 3. The van der Waals surface area contributed by atoms with Gasteiger partial charge in [-0.2, -0.15) is 4.67 Å². The van der Waals surface area contributed by atoms with Crippen molar-refractivity contribution < 1.29 is 52.7 Å². The number of esters is 1. The monoisotopic (exact) mass is 594 g/mol. The Bertz CT molecular complexity index is 1220.